The zero-order valence-corrected chi connectivity index (χ0v) is 9.78. The van der Waals surface area contributed by atoms with Crippen molar-refractivity contribution >= 4 is 0 Å². The van der Waals surface area contributed by atoms with Gasteiger partial charge in [0, 0.05) is 6.42 Å². The van der Waals surface area contributed by atoms with Crippen molar-refractivity contribution in [3.63, 3.8) is 0 Å². The molecule has 0 radical (unpaired) electrons. The van der Waals surface area contributed by atoms with Gasteiger partial charge in [-0.25, -0.2) is 4.79 Å². The summed E-state index contributed by atoms with van der Waals surface area (Å²) in [5.74, 6) is 0.950. The van der Waals surface area contributed by atoms with Crippen LogP contribution in [0.1, 0.15) is 37.5 Å². The number of unbranched alkanes of at least 4 members (excludes halogenated alkanes) is 2. The molecule has 1 aromatic heterocycles. The fraction of sp³-hybridized carbons (Fsp3) is 0.583. The maximum atomic E-state index is 11.2. The molecule has 90 valence electrons. The number of aryl methyl sites for hydroxylation is 1. The number of hydrogen-bond donors (Lipinski definition) is 1. The molecular weight excluding hydrogens is 208 g/mol. The lowest BCUT2D eigenvalue weighted by atomic mass is 10.1. The first-order valence-corrected chi connectivity index (χ1v) is 5.53. The molecule has 0 saturated heterocycles. The molecule has 0 atom stereocenters. The van der Waals surface area contributed by atoms with Crippen molar-refractivity contribution in [2.24, 2.45) is 0 Å². The molecule has 0 aliphatic rings. The molecule has 0 aromatic carbocycles. The Morgan fingerprint density at radius 1 is 1.44 bits per heavy atom. The Morgan fingerprint density at radius 2 is 2.19 bits per heavy atom. The lowest BCUT2D eigenvalue weighted by Gasteiger charge is -2.09. The quantitative estimate of drug-likeness (QED) is 0.752. The van der Waals surface area contributed by atoms with Gasteiger partial charge in [-0.15, -0.1) is 0 Å². The van der Waals surface area contributed by atoms with Crippen LogP contribution < -0.4 is 10.4 Å². The normalized spacial score (nSPS) is 10.4. The van der Waals surface area contributed by atoms with Gasteiger partial charge < -0.3 is 14.3 Å². The van der Waals surface area contributed by atoms with Crippen molar-refractivity contribution in [2.45, 2.75) is 39.2 Å². The highest BCUT2D eigenvalue weighted by atomic mass is 16.5. The van der Waals surface area contributed by atoms with Gasteiger partial charge in [-0.2, -0.15) is 0 Å². The highest BCUT2D eigenvalue weighted by molar-refractivity contribution is 5.33. The lowest BCUT2D eigenvalue weighted by molar-refractivity contribution is 0.262. The van der Waals surface area contributed by atoms with E-state index in [4.69, 9.17) is 9.15 Å². The Balaban J connectivity index is 2.96. The van der Waals surface area contributed by atoms with Crippen LogP contribution in [0.15, 0.2) is 15.3 Å². The highest BCUT2D eigenvalue weighted by Crippen LogP contribution is 2.21. The molecule has 1 aromatic rings. The Morgan fingerprint density at radius 3 is 2.75 bits per heavy atom. The zero-order chi connectivity index (χ0) is 12.0. The van der Waals surface area contributed by atoms with Gasteiger partial charge in [0.25, 0.3) is 0 Å². The molecule has 0 bridgehead atoms. The van der Waals surface area contributed by atoms with E-state index >= 15 is 0 Å². The summed E-state index contributed by atoms with van der Waals surface area (Å²) in [6, 6.07) is 1.26. The summed E-state index contributed by atoms with van der Waals surface area (Å²) in [7, 11) is 1.48. The summed E-state index contributed by atoms with van der Waals surface area (Å²) in [6.45, 7) is 1.93. The van der Waals surface area contributed by atoms with E-state index in [9.17, 15) is 9.90 Å². The van der Waals surface area contributed by atoms with Crippen LogP contribution in [0.3, 0.4) is 0 Å². The van der Waals surface area contributed by atoms with E-state index < -0.39 is 5.63 Å². The first-order valence-electron chi connectivity index (χ1n) is 5.53. The summed E-state index contributed by atoms with van der Waals surface area (Å²) in [5.41, 5.74) is 0.152. The van der Waals surface area contributed by atoms with Gasteiger partial charge in [0.15, 0.2) is 0 Å². The lowest BCUT2D eigenvalue weighted by Crippen LogP contribution is -2.07. The van der Waals surface area contributed by atoms with Crippen molar-refractivity contribution in [3.8, 4) is 5.75 Å². The van der Waals surface area contributed by atoms with Crippen LogP contribution in [0.2, 0.25) is 0 Å². The highest BCUT2D eigenvalue weighted by Gasteiger charge is 2.12. The second-order valence-electron chi connectivity index (χ2n) is 3.65. The van der Waals surface area contributed by atoms with Crippen molar-refractivity contribution in [1.29, 1.82) is 0 Å². The van der Waals surface area contributed by atoms with Crippen molar-refractivity contribution < 1.29 is 14.3 Å². The third-order valence-corrected chi connectivity index (χ3v) is 2.49. The van der Waals surface area contributed by atoms with Gasteiger partial charge in [-0.3, -0.25) is 0 Å². The van der Waals surface area contributed by atoms with E-state index in [2.05, 4.69) is 6.92 Å². The topological polar surface area (TPSA) is 59.7 Å². The van der Waals surface area contributed by atoms with Gasteiger partial charge in [0.1, 0.15) is 11.5 Å². The molecule has 0 spiro atoms. The van der Waals surface area contributed by atoms with Crippen LogP contribution in [0, 0.1) is 0 Å². The first-order chi connectivity index (χ1) is 7.72. The monoisotopic (exact) mass is 226 g/mol. The molecule has 0 saturated carbocycles. The predicted molar refractivity (Wildman–Crippen MR) is 60.7 cm³/mol. The predicted octanol–water partition coefficient (Wildman–Crippen LogP) is 1.87. The van der Waals surface area contributed by atoms with Crippen LogP contribution in [0.25, 0.3) is 0 Å². The van der Waals surface area contributed by atoms with Crippen molar-refractivity contribution in [1.82, 2.24) is 0 Å². The second kappa shape index (κ2) is 6.33. The molecule has 1 N–H and O–H groups in total. The minimum absolute atomic E-state index is 0.172. The van der Waals surface area contributed by atoms with Crippen LogP contribution >= 0.6 is 0 Å². The summed E-state index contributed by atoms with van der Waals surface area (Å²) >= 11 is 0. The largest absolute Gasteiger partial charge is 0.496 e. The molecule has 0 unspecified atom stereocenters. The maximum Gasteiger partial charge on any atom is 0.339 e. The summed E-state index contributed by atoms with van der Waals surface area (Å²) in [5, 5.41) is 9.24. The minimum atomic E-state index is -0.430. The Labute approximate surface area is 94.9 Å². The summed E-state index contributed by atoms with van der Waals surface area (Å²) in [6.07, 6.45) is 3.78. The average Bonchev–Trinajstić information content (AvgIpc) is 2.28. The number of ether oxygens (including phenoxy) is 1. The molecule has 0 fully saturated rings. The van der Waals surface area contributed by atoms with Crippen LogP contribution in [0.4, 0.5) is 0 Å². The first kappa shape index (κ1) is 12.8. The number of aliphatic hydroxyl groups is 1. The van der Waals surface area contributed by atoms with Crippen molar-refractivity contribution in [2.75, 3.05) is 7.11 Å². The molecule has 4 heteroatoms. The minimum Gasteiger partial charge on any atom is -0.496 e. The third kappa shape index (κ3) is 3.10. The number of hydrogen-bond acceptors (Lipinski definition) is 4. The van der Waals surface area contributed by atoms with Gasteiger partial charge in [-0.05, 0) is 6.42 Å². The third-order valence-electron chi connectivity index (χ3n) is 2.49. The average molecular weight is 226 g/mol. The van der Waals surface area contributed by atoms with E-state index in [0.717, 1.165) is 19.3 Å². The molecule has 1 heterocycles. The molecule has 0 aliphatic heterocycles. The number of rotatable bonds is 6. The van der Waals surface area contributed by atoms with E-state index in [1.54, 1.807) is 0 Å². The molecule has 4 nitrogen and oxygen atoms in total. The SMILES string of the molecule is CCCCCc1oc(=O)cc(OC)c1CO. The molecule has 1 rings (SSSR count). The van der Waals surface area contributed by atoms with E-state index in [0.29, 0.717) is 23.5 Å². The second-order valence-corrected chi connectivity index (χ2v) is 3.65. The Kier molecular flexibility index (Phi) is 5.05. The fourth-order valence-corrected chi connectivity index (χ4v) is 1.63. The number of aliphatic hydroxyl groups excluding tert-OH is 1. The van der Waals surface area contributed by atoms with Crippen LogP contribution in [-0.4, -0.2) is 12.2 Å². The summed E-state index contributed by atoms with van der Waals surface area (Å²) in [4.78, 5) is 11.2. The maximum absolute atomic E-state index is 11.2. The summed E-state index contributed by atoms with van der Waals surface area (Å²) < 4.78 is 10.1. The molecule has 0 amide bonds. The van der Waals surface area contributed by atoms with Gasteiger partial charge in [0.2, 0.25) is 0 Å². The van der Waals surface area contributed by atoms with E-state index in [1.165, 1.54) is 13.2 Å². The van der Waals surface area contributed by atoms with Crippen LogP contribution in [0.5, 0.6) is 5.75 Å². The van der Waals surface area contributed by atoms with Crippen molar-refractivity contribution in [3.05, 3.63) is 27.8 Å². The zero-order valence-electron chi connectivity index (χ0n) is 9.78. The Bertz CT molecular complexity index is 381. The van der Waals surface area contributed by atoms with Gasteiger partial charge in [-0.1, -0.05) is 19.8 Å². The van der Waals surface area contributed by atoms with Gasteiger partial charge >= 0.3 is 5.63 Å². The molecule has 16 heavy (non-hydrogen) atoms. The standard InChI is InChI=1S/C12H18O4/c1-3-4-5-6-10-9(8-13)11(15-2)7-12(14)16-10/h7,13H,3-6,8H2,1-2H3. The van der Waals surface area contributed by atoms with Crippen LogP contribution in [-0.2, 0) is 13.0 Å². The molecular formula is C12H18O4. The Hall–Kier alpha value is -1.29. The smallest absolute Gasteiger partial charge is 0.339 e. The van der Waals surface area contributed by atoms with E-state index in [1.807, 2.05) is 0 Å². The van der Waals surface area contributed by atoms with E-state index in [-0.39, 0.29) is 6.61 Å². The number of methoxy groups -OCH3 is 1. The fourth-order valence-electron chi connectivity index (χ4n) is 1.63. The van der Waals surface area contributed by atoms with Gasteiger partial charge in [0.05, 0.1) is 25.3 Å². The molecule has 0 aliphatic carbocycles.